The van der Waals surface area contributed by atoms with Gasteiger partial charge in [-0.2, -0.15) is 0 Å². The van der Waals surface area contributed by atoms with Crippen LogP contribution in [-0.2, 0) is 11.2 Å². The Morgan fingerprint density at radius 2 is 1.79 bits per heavy atom. The van der Waals surface area contributed by atoms with E-state index < -0.39 is 0 Å². The summed E-state index contributed by atoms with van der Waals surface area (Å²) in [6.45, 7) is 1.86. The van der Waals surface area contributed by atoms with Crippen LogP contribution in [0.15, 0.2) is 30.3 Å². The van der Waals surface area contributed by atoms with E-state index in [1.54, 1.807) is 44.6 Å². The molecule has 1 heterocycles. The zero-order chi connectivity index (χ0) is 17.3. The minimum Gasteiger partial charge on any atom is -0.496 e. The van der Waals surface area contributed by atoms with Crippen LogP contribution >= 0.6 is 0 Å². The van der Waals surface area contributed by atoms with Crippen molar-refractivity contribution in [2.75, 3.05) is 24.9 Å². The molecule has 6 nitrogen and oxygen atoms in total. The molecule has 124 valence electrons. The van der Waals surface area contributed by atoms with E-state index >= 15 is 0 Å². The molecule has 0 saturated heterocycles. The van der Waals surface area contributed by atoms with Gasteiger partial charge in [0.15, 0.2) is 0 Å². The summed E-state index contributed by atoms with van der Waals surface area (Å²) in [5.74, 6) is 0.858. The summed E-state index contributed by atoms with van der Waals surface area (Å²) >= 11 is 0. The van der Waals surface area contributed by atoms with Crippen molar-refractivity contribution in [3.05, 3.63) is 47.0 Å². The second-order valence-corrected chi connectivity index (χ2v) is 5.56. The molecule has 2 amide bonds. The molecule has 2 N–H and O–H groups in total. The Morgan fingerprint density at radius 1 is 1.12 bits per heavy atom. The summed E-state index contributed by atoms with van der Waals surface area (Å²) in [7, 11) is 3.10. The van der Waals surface area contributed by atoms with Gasteiger partial charge >= 0.3 is 0 Å². The maximum Gasteiger partial charge on any atom is 0.255 e. The van der Waals surface area contributed by atoms with Gasteiger partial charge in [0.25, 0.3) is 5.91 Å². The van der Waals surface area contributed by atoms with Gasteiger partial charge in [0.05, 0.1) is 20.6 Å². The summed E-state index contributed by atoms with van der Waals surface area (Å²) in [6.07, 6.45) is 0.325. The molecule has 0 fully saturated rings. The molecule has 0 aromatic heterocycles. The van der Waals surface area contributed by atoms with Crippen LogP contribution in [0.3, 0.4) is 0 Å². The second-order valence-electron chi connectivity index (χ2n) is 5.56. The zero-order valence-electron chi connectivity index (χ0n) is 13.7. The maximum absolute atomic E-state index is 12.5. The number of benzene rings is 2. The first-order chi connectivity index (χ1) is 11.5. The average Bonchev–Trinajstić information content (AvgIpc) is 2.94. The zero-order valence-corrected chi connectivity index (χ0v) is 13.7. The van der Waals surface area contributed by atoms with Crippen LogP contribution in [0.2, 0.25) is 0 Å². The smallest absolute Gasteiger partial charge is 0.255 e. The summed E-state index contributed by atoms with van der Waals surface area (Å²) in [5.41, 5.74) is 3.56. The van der Waals surface area contributed by atoms with Gasteiger partial charge in [-0.25, -0.2) is 0 Å². The van der Waals surface area contributed by atoms with E-state index in [2.05, 4.69) is 10.6 Å². The number of anilines is 2. The molecule has 1 aliphatic heterocycles. The van der Waals surface area contributed by atoms with E-state index in [1.807, 2.05) is 6.92 Å². The van der Waals surface area contributed by atoms with Crippen LogP contribution in [0.1, 0.15) is 21.5 Å². The number of ether oxygens (including phenoxy) is 2. The lowest BCUT2D eigenvalue weighted by atomic mass is 10.1. The number of amides is 2. The normalized spacial score (nSPS) is 12.4. The molecule has 24 heavy (non-hydrogen) atoms. The number of nitrogens with one attached hydrogen (secondary N) is 2. The van der Waals surface area contributed by atoms with Gasteiger partial charge in [-0.15, -0.1) is 0 Å². The first kappa shape index (κ1) is 15.9. The van der Waals surface area contributed by atoms with Crippen molar-refractivity contribution >= 4 is 23.2 Å². The SMILES string of the molecule is COc1cc(C(=O)Nc2ccc3c(c2)CC(=O)N3)cc(OC)c1C. The summed E-state index contributed by atoms with van der Waals surface area (Å²) < 4.78 is 10.6. The highest BCUT2D eigenvalue weighted by Gasteiger charge is 2.19. The van der Waals surface area contributed by atoms with Crippen LogP contribution in [0, 0.1) is 6.92 Å². The van der Waals surface area contributed by atoms with Crippen molar-refractivity contribution in [3.63, 3.8) is 0 Å². The Morgan fingerprint density at radius 3 is 2.42 bits per heavy atom. The van der Waals surface area contributed by atoms with Crippen molar-refractivity contribution in [1.29, 1.82) is 0 Å². The molecule has 0 aliphatic carbocycles. The molecule has 0 spiro atoms. The van der Waals surface area contributed by atoms with E-state index in [4.69, 9.17) is 9.47 Å². The van der Waals surface area contributed by atoms with Crippen LogP contribution in [0.25, 0.3) is 0 Å². The van der Waals surface area contributed by atoms with E-state index in [1.165, 1.54) is 0 Å². The Kier molecular flexibility index (Phi) is 4.12. The molecule has 0 atom stereocenters. The lowest BCUT2D eigenvalue weighted by molar-refractivity contribution is -0.115. The van der Waals surface area contributed by atoms with Crippen molar-refractivity contribution < 1.29 is 19.1 Å². The average molecular weight is 326 g/mol. The van der Waals surface area contributed by atoms with E-state index in [0.29, 0.717) is 29.2 Å². The highest BCUT2D eigenvalue weighted by atomic mass is 16.5. The van der Waals surface area contributed by atoms with Crippen molar-refractivity contribution in [2.24, 2.45) is 0 Å². The number of hydrogen-bond donors (Lipinski definition) is 2. The third-order valence-electron chi connectivity index (χ3n) is 4.00. The molecule has 2 aromatic carbocycles. The minimum absolute atomic E-state index is 0.0403. The van der Waals surface area contributed by atoms with Crippen LogP contribution < -0.4 is 20.1 Å². The molecule has 0 unspecified atom stereocenters. The monoisotopic (exact) mass is 326 g/mol. The third-order valence-corrected chi connectivity index (χ3v) is 4.00. The van der Waals surface area contributed by atoms with Gasteiger partial charge in [0.1, 0.15) is 11.5 Å². The number of carbonyl (C=O) groups is 2. The number of rotatable bonds is 4. The highest BCUT2D eigenvalue weighted by Crippen LogP contribution is 2.30. The van der Waals surface area contributed by atoms with Gasteiger partial charge in [-0.1, -0.05) is 0 Å². The number of hydrogen-bond acceptors (Lipinski definition) is 4. The molecule has 6 heteroatoms. The highest BCUT2D eigenvalue weighted by molar-refractivity contribution is 6.06. The fraction of sp³-hybridized carbons (Fsp3) is 0.222. The van der Waals surface area contributed by atoms with Crippen LogP contribution in [0.4, 0.5) is 11.4 Å². The second kappa shape index (κ2) is 6.23. The quantitative estimate of drug-likeness (QED) is 0.906. The predicted octanol–water partition coefficient (Wildman–Crippen LogP) is 2.76. The van der Waals surface area contributed by atoms with Gasteiger partial charge in [-0.3, -0.25) is 9.59 Å². The van der Waals surface area contributed by atoms with E-state index in [9.17, 15) is 9.59 Å². The topological polar surface area (TPSA) is 76.7 Å². The summed E-state index contributed by atoms with van der Waals surface area (Å²) in [5, 5.41) is 5.60. The Bertz CT molecular complexity index is 805. The fourth-order valence-electron chi connectivity index (χ4n) is 2.73. The van der Waals surface area contributed by atoms with Gasteiger partial charge in [0.2, 0.25) is 5.91 Å². The van der Waals surface area contributed by atoms with E-state index in [-0.39, 0.29) is 11.8 Å². The lowest BCUT2D eigenvalue weighted by Gasteiger charge is -2.13. The molecular formula is C18H18N2O4. The third kappa shape index (κ3) is 2.90. The first-order valence-corrected chi connectivity index (χ1v) is 7.48. The van der Waals surface area contributed by atoms with Gasteiger partial charge in [0, 0.05) is 22.5 Å². The van der Waals surface area contributed by atoms with E-state index in [0.717, 1.165) is 16.8 Å². The molecule has 0 radical (unpaired) electrons. The maximum atomic E-state index is 12.5. The Labute approximate surface area is 139 Å². The summed E-state index contributed by atoms with van der Waals surface area (Å²) in [6, 6.07) is 8.68. The Hall–Kier alpha value is -3.02. The summed E-state index contributed by atoms with van der Waals surface area (Å²) in [4.78, 5) is 23.9. The van der Waals surface area contributed by atoms with Crippen molar-refractivity contribution in [3.8, 4) is 11.5 Å². The van der Waals surface area contributed by atoms with Gasteiger partial charge in [-0.05, 0) is 42.8 Å². The molecule has 2 aromatic rings. The van der Waals surface area contributed by atoms with Crippen molar-refractivity contribution in [2.45, 2.75) is 13.3 Å². The Balaban J connectivity index is 1.85. The predicted molar refractivity (Wildman–Crippen MR) is 91.0 cm³/mol. The lowest BCUT2D eigenvalue weighted by Crippen LogP contribution is -2.12. The number of fused-ring (bicyclic) bond motifs is 1. The number of methoxy groups -OCH3 is 2. The largest absolute Gasteiger partial charge is 0.496 e. The minimum atomic E-state index is -0.274. The molecule has 0 bridgehead atoms. The molecular weight excluding hydrogens is 308 g/mol. The standard InChI is InChI=1S/C18H18N2O4/c1-10-15(23-2)7-12(8-16(10)24-3)18(22)19-13-4-5-14-11(6-13)9-17(21)20-14/h4-8H,9H2,1-3H3,(H,19,22)(H,20,21). The van der Waals surface area contributed by atoms with Gasteiger partial charge < -0.3 is 20.1 Å². The fourth-order valence-corrected chi connectivity index (χ4v) is 2.73. The molecule has 1 aliphatic rings. The first-order valence-electron chi connectivity index (χ1n) is 7.48. The van der Waals surface area contributed by atoms with Crippen molar-refractivity contribution in [1.82, 2.24) is 0 Å². The number of carbonyl (C=O) groups excluding carboxylic acids is 2. The molecule has 0 saturated carbocycles. The van der Waals surface area contributed by atoms with Crippen LogP contribution in [0.5, 0.6) is 11.5 Å². The molecule has 3 rings (SSSR count). The van der Waals surface area contributed by atoms with Crippen LogP contribution in [-0.4, -0.2) is 26.0 Å².